The molecule has 348 valence electrons. The summed E-state index contributed by atoms with van der Waals surface area (Å²) in [4.78, 5) is 6.11. The molecule has 2 aliphatic rings. The van der Waals surface area contributed by atoms with Crippen LogP contribution >= 0.6 is 11.8 Å². The summed E-state index contributed by atoms with van der Waals surface area (Å²) in [6.45, 7) is 16.3. The normalized spacial score (nSPS) is 13.2. The quantitative estimate of drug-likeness (QED) is 0.0996. The third-order valence-electron chi connectivity index (χ3n) is 15.5. The number of fused-ring (bicyclic) bond motifs is 13. The summed E-state index contributed by atoms with van der Waals surface area (Å²) in [5, 5.41) is 6.44. The standard InChI is InChI=1S/C67H60N2SSi/c1-43(2)45-17-23-50(24-18-45)68(52-28-33-56(70-5)34-29-52)55-32-38-58-48(39-55)22-37-61-62-41-47-21-27-54(69(51-25-19-46(20-26-51)44(3)4)53-30-35-57(36-31-53)71(6,7)8)40-49(47)42-65(62)67(66(58)61)63-15-11-9-13-59(63)60-14-10-12-16-64(60)67/h9-44H,1-8H3. The van der Waals surface area contributed by atoms with Crippen LogP contribution in [0.2, 0.25) is 19.6 Å². The van der Waals surface area contributed by atoms with Gasteiger partial charge in [-0.2, -0.15) is 0 Å². The Bertz CT molecular complexity index is 3610. The molecule has 0 aliphatic heterocycles. The zero-order chi connectivity index (χ0) is 48.8. The summed E-state index contributed by atoms with van der Waals surface area (Å²) in [6, 6.07) is 79.2. The molecular formula is C67H60N2SSi. The molecule has 0 heterocycles. The number of hydrogen-bond acceptors (Lipinski definition) is 3. The van der Waals surface area contributed by atoms with Gasteiger partial charge in [-0.25, -0.2) is 0 Å². The van der Waals surface area contributed by atoms with Gasteiger partial charge in [0, 0.05) is 39.0 Å². The third kappa shape index (κ3) is 7.37. The molecule has 2 nitrogen and oxygen atoms in total. The van der Waals surface area contributed by atoms with Crippen LogP contribution < -0.4 is 15.0 Å². The van der Waals surface area contributed by atoms with Crippen molar-refractivity contribution in [3.05, 3.63) is 240 Å². The van der Waals surface area contributed by atoms with E-state index in [2.05, 4.69) is 270 Å². The van der Waals surface area contributed by atoms with Gasteiger partial charge in [0.2, 0.25) is 0 Å². The summed E-state index contributed by atoms with van der Waals surface area (Å²) in [7, 11) is -1.49. The van der Waals surface area contributed by atoms with Crippen LogP contribution in [0.3, 0.4) is 0 Å². The Kier molecular flexibility index (Phi) is 11.0. The Hall–Kier alpha value is -7.11. The summed E-state index contributed by atoms with van der Waals surface area (Å²) in [5.74, 6) is 0.922. The summed E-state index contributed by atoms with van der Waals surface area (Å²) < 4.78 is 0. The Morgan fingerprint density at radius 2 is 0.859 bits per heavy atom. The van der Waals surface area contributed by atoms with Gasteiger partial charge in [-0.05, 0) is 192 Å². The minimum Gasteiger partial charge on any atom is -0.310 e. The zero-order valence-electron chi connectivity index (χ0n) is 42.1. The molecule has 2 aliphatic carbocycles. The van der Waals surface area contributed by atoms with E-state index in [-0.39, 0.29) is 0 Å². The molecule has 0 fully saturated rings. The lowest BCUT2D eigenvalue weighted by molar-refractivity contribution is 0.802. The lowest BCUT2D eigenvalue weighted by Crippen LogP contribution is -2.37. The first-order valence-electron chi connectivity index (χ1n) is 25.3. The number of rotatable bonds is 10. The van der Waals surface area contributed by atoms with Gasteiger partial charge < -0.3 is 9.80 Å². The number of anilines is 6. The van der Waals surface area contributed by atoms with Crippen molar-refractivity contribution in [2.75, 3.05) is 16.1 Å². The van der Waals surface area contributed by atoms with Crippen LogP contribution in [0.4, 0.5) is 34.1 Å². The van der Waals surface area contributed by atoms with Gasteiger partial charge in [-0.1, -0.05) is 162 Å². The van der Waals surface area contributed by atoms with E-state index in [0.717, 1.165) is 28.4 Å². The number of thioether (sulfide) groups is 1. The zero-order valence-corrected chi connectivity index (χ0v) is 43.9. The van der Waals surface area contributed by atoms with Crippen LogP contribution in [-0.4, -0.2) is 14.3 Å². The largest absolute Gasteiger partial charge is 0.310 e. The first-order valence-corrected chi connectivity index (χ1v) is 30.0. The topological polar surface area (TPSA) is 6.48 Å². The van der Waals surface area contributed by atoms with Gasteiger partial charge in [0.15, 0.2) is 0 Å². The summed E-state index contributed by atoms with van der Waals surface area (Å²) in [6.07, 6.45) is 2.14. The number of hydrogen-bond donors (Lipinski definition) is 0. The van der Waals surface area contributed by atoms with E-state index < -0.39 is 13.5 Å². The molecule has 0 saturated heterocycles. The van der Waals surface area contributed by atoms with Gasteiger partial charge in [-0.15, -0.1) is 11.8 Å². The molecule has 0 unspecified atom stereocenters. The van der Waals surface area contributed by atoms with Crippen molar-refractivity contribution in [2.24, 2.45) is 0 Å². The molecule has 0 amide bonds. The molecule has 1 spiro atoms. The van der Waals surface area contributed by atoms with Gasteiger partial charge in [0.25, 0.3) is 0 Å². The summed E-state index contributed by atoms with van der Waals surface area (Å²) in [5.41, 5.74) is 19.7. The average molecular weight is 953 g/mol. The molecule has 71 heavy (non-hydrogen) atoms. The molecule has 0 bridgehead atoms. The van der Waals surface area contributed by atoms with Crippen molar-refractivity contribution in [2.45, 2.75) is 69.5 Å². The van der Waals surface area contributed by atoms with Crippen LogP contribution in [0.1, 0.15) is 72.9 Å². The van der Waals surface area contributed by atoms with E-state index in [1.807, 2.05) is 0 Å². The number of nitrogens with zero attached hydrogens (tertiary/aromatic N) is 2. The van der Waals surface area contributed by atoms with Crippen LogP contribution in [0.15, 0.2) is 211 Å². The van der Waals surface area contributed by atoms with Crippen molar-refractivity contribution in [3.63, 3.8) is 0 Å². The van der Waals surface area contributed by atoms with Gasteiger partial charge >= 0.3 is 0 Å². The maximum absolute atomic E-state index is 2.54. The Balaban J connectivity index is 1.06. The van der Waals surface area contributed by atoms with Crippen LogP contribution in [-0.2, 0) is 5.41 Å². The van der Waals surface area contributed by atoms with E-state index in [4.69, 9.17) is 0 Å². The first kappa shape index (κ1) is 45.1. The van der Waals surface area contributed by atoms with Gasteiger partial charge in [0.1, 0.15) is 0 Å². The highest BCUT2D eigenvalue weighted by Crippen LogP contribution is 2.64. The van der Waals surface area contributed by atoms with Crippen LogP contribution in [0, 0.1) is 0 Å². The molecule has 0 aromatic heterocycles. The van der Waals surface area contributed by atoms with E-state index in [9.17, 15) is 0 Å². The fourth-order valence-electron chi connectivity index (χ4n) is 11.7. The minimum absolute atomic E-state index is 0.461. The average Bonchev–Trinajstić information content (AvgIpc) is 3.86. The monoisotopic (exact) mass is 952 g/mol. The molecule has 4 heteroatoms. The Morgan fingerprint density at radius 3 is 1.38 bits per heavy atom. The molecule has 10 aromatic rings. The fraction of sp³-hybridized carbons (Fsp3) is 0.164. The first-order chi connectivity index (χ1) is 34.4. The van der Waals surface area contributed by atoms with Crippen molar-refractivity contribution in [1.82, 2.24) is 0 Å². The molecule has 0 radical (unpaired) electrons. The molecular weight excluding hydrogens is 893 g/mol. The van der Waals surface area contributed by atoms with Crippen molar-refractivity contribution < 1.29 is 0 Å². The fourth-order valence-corrected chi connectivity index (χ4v) is 13.3. The maximum atomic E-state index is 2.54. The van der Waals surface area contributed by atoms with Crippen molar-refractivity contribution in [1.29, 1.82) is 0 Å². The molecule has 12 rings (SSSR count). The number of benzene rings is 10. The third-order valence-corrected chi connectivity index (χ3v) is 18.3. The van der Waals surface area contributed by atoms with E-state index >= 15 is 0 Å². The predicted octanol–water partition coefficient (Wildman–Crippen LogP) is 18.8. The van der Waals surface area contributed by atoms with Crippen LogP contribution in [0.25, 0.3) is 43.8 Å². The summed E-state index contributed by atoms with van der Waals surface area (Å²) >= 11 is 1.78. The highest BCUT2D eigenvalue weighted by Gasteiger charge is 2.52. The van der Waals surface area contributed by atoms with E-state index in [1.54, 1.807) is 11.8 Å². The second kappa shape index (κ2) is 17.3. The van der Waals surface area contributed by atoms with Gasteiger partial charge in [-0.3, -0.25) is 0 Å². The Labute approximate surface area is 425 Å². The molecule has 0 N–H and O–H groups in total. The second-order valence-corrected chi connectivity index (χ2v) is 27.3. The second-order valence-electron chi connectivity index (χ2n) is 21.3. The van der Waals surface area contributed by atoms with E-state index in [0.29, 0.717) is 11.8 Å². The van der Waals surface area contributed by atoms with Crippen LogP contribution in [0.5, 0.6) is 0 Å². The lowest BCUT2D eigenvalue weighted by Gasteiger charge is -2.32. The highest BCUT2D eigenvalue weighted by molar-refractivity contribution is 7.98. The Morgan fingerprint density at radius 1 is 0.394 bits per heavy atom. The van der Waals surface area contributed by atoms with Gasteiger partial charge in [0.05, 0.1) is 13.5 Å². The van der Waals surface area contributed by atoms with Crippen molar-refractivity contribution >= 4 is 80.7 Å². The highest BCUT2D eigenvalue weighted by atomic mass is 32.2. The lowest BCUT2D eigenvalue weighted by atomic mass is 9.69. The predicted molar refractivity (Wildman–Crippen MR) is 310 cm³/mol. The maximum Gasteiger partial charge on any atom is 0.0775 e. The molecule has 0 atom stereocenters. The molecule has 10 aromatic carbocycles. The van der Waals surface area contributed by atoms with E-state index in [1.165, 1.54) is 92.9 Å². The minimum atomic E-state index is -1.49. The molecule has 0 saturated carbocycles. The van der Waals surface area contributed by atoms with Crippen molar-refractivity contribution in [3.8, 4) is 22.3 Å². The smallest absolute Gasteiger partial charge is 0.0775 e. The SMILES string of the molecule is CSc1ccc(N(c2ccc(C(C)C)cc2)c2ccc3c4c(ccc3c2)-c2cc3ccc(N(c5ccc(C(C)C)cc5)c5ccc([Si](C)(C)C)cc5)cc3cc2C42c3ccccc3-c3ccccc32)cc1.